The van der Waals surface area contributed by atoms with Gasteiger partial charge in [0.1, 0.15) is 0 Å². The van der Waals surface area contributed by atoms with Crippen LogP contribution in [0.4, 0.5) is 0 Å². The number of aliphatic carboxylic acids is 1. The van der Waals surface area contributed by atoms with Gasteiger partial charge < -0.3 is 15.3 Å². The van der Waals surface area contributed by atoms with Crippen LogP contribution in [0.5, 0.6) is 0 Å². The number of carboxylic acids is 3. The summed E-state index contributed by atoms with van der Waals surface area (Å²) < 4.78 is 0. The maximum atomic E-state index is 10.4. The number of benzene rings is 2. The van der Waals surface area contributed by atoms with Crippen molar-refractivity contribution in [1.82, 2.24) is 0 Å². The summed E-state index contributed by atoms with van der Waals surface area (Å²) in [7, 11) is 0. The van der Waals surface area contributed by atoms with Crippen LogP contribution in [0.15, 0.2) is 53.4 Å². The third kappa shape index (κ3) is 12.0. The second-order valence-electron chi connectivity index (χ2n) is 4.88. The van der Waals surface area contributed by atoms with Crippen LogP contribution in [-0.4, -0.2) is 39.0 Å². The Kier molecular flexibility index (Phi) is 12.9. The minimum absolute atomic E-state index is 0.156. The summed E-state index contributed by atoms with van der Waals surface area (Å²) in [6.07, 6.45) is 0.156. The molecule has 2 aromatic carbocycles. The second-order valence-corrected chi connectivity index (χ2v) is 6.16. The van der Waals surface area contributed by atoms with Gasteiger partial charge in [0.05, 0.1) is 17.5 Å². The molecule has 0 heterocycles. The first-order chi connectivity index (χ1) is 12.7. The molecule has 0 radical (unpaired) electrons. The molecule has 146 valence electrons. The van der Waals surface area contributed by atoms with Crippen molar-refractivity contribution in [1.29, 1.82) is 0 Å². The summed E-state index contributed by atoms with van der Waals surface area (Å²) in [5, 5.41) is 24.8. The molecule has 3 N–H and O–H groups in total. The molecule has 0 unspecified atom stereocenters. The molecule has 0 bridgehead atoms. The molecule has 0 spiro atoms. The average Bonchev–Trinajstić information content (AvgIpc) is 2.63. The van der Waals surface area contributed by atoms with Gasteiger partial charge in [0, 0.05) is 16.4 Å². The SMILES string of the molecule is O=C(O)CCS.O=C(O)c1ccc(CS)cc1.O=C(O)c1ccc(S)cc1. The lowest BCUT2D eigenvalue weighted by Crippen LogP contribution is -1.95. The Labute approximate surface area is 173 Å². The monoisotopic (exact) mass is 428 g/mol. The Morgan fingerprint density at radius 2 is 1.15 bits per heavy atom. The van der Waals surface area contributed by atoms with E-state index in [9.17, 15) is 14.4 Å². The van der Waals surface area contributed by atoms with Gasteiger partial charge in [-0.15, -0.1) is 12.6 Å². The van der Waals surface area contributed by atoms with E-state index >= 15 is 0 Å². The van der Waals surface area contributed by atoms with Crippen molar-refractivity contribution < 1.29 is 29.7 Å². The normalized spacial score (nSPS) is 9.15. The zero-order valence-corrected chi connectivity index (χ0v) is 16.8. The molecule has 0 aliphatic heterocycles. The molecule has 0 aromatic heterocycles. The first-order valence-corrected chi connectivity index (χ1v) is 9.20. The van der Waals surface area contributed by atoms with E-state index in [0.29, 0.717) is 17.1 Å². The van der Waals surface area contributed by atoms with Gasteiger partial charge in [0.2, 0.25) is 0 Å². The van der Waals surface area contributed by atoms with Gasteiger partial charge in [0.25, 0.3) is 0 Å². The number of hydrogen-bond acceptors (Lipinski definition) is 6. The number of carbonyl (C=O) groups is 3. The Hall–Kier alpha value is -2.10. The Morgan fingerprint density at radius 3 is 1.41 bits per heavy atom. The quantitative estimate of drug-likeness (QED) is 0.403. The Morgan fingerprint density at radius 1 is 0.741 bits per heavy atom. The summed E-state index contributed by atoms with van der Waals surface area (Å²) in [6.45, 7) is 0. The first-order valence-electron chi connectivity index (χ1n) is 7.49. The zero-order chi connectivity index (χ0) is 20.8. The summed E-state index contributed by atoms with van der Waals surface area (Å²) in [5.74, 6) is -1.52. The Bertz CT molecular complexity index is 730. The zero-order valence-electron chi connectivity index (χ0n) is 14.1. The van der Waals surface area contributed by atoms with E-state index in [0.717, 1.165) is 10.5 Å². The minimum Gasteiger partial charge on any atom is -0.481 e. The number of hydrogen-bond donors (Lipinski definition) is 6. The Balaban J connectivity index is 0.000000394. The molecule has 27 heavy (non-hydrogen) atoms. The highest BCUT2D eigenvalue weighted by atomic mass is 32.1. The third-order valence-corrected chi connectivity index (χ3v) is 3.71. The topological polar surface area (TPSA) is 112 Å². The van der Waals surface area contributed by atoms with Crippen molar-refractivity contribution >= 4 is 55.8 Å². The van der Waals surface area contributed by atoms with E-state index in [1.54, 1.807) is 36.4 Å². The molecular formula is C18H20O6S3. The van der Waals surface area contributed by atoms with Gasteiger partial charge in [-0.2, -0.15) is 25.3 Å². The van der Waals surface area contributed by atoms with E-state index < -0.39 is 17.9 Å². The number of rotatable bonds is 5. The molecule has 0 aliphatic carbocycles. The predicted molar refractivity (Wildman–Crippen MR) is 113 cm³/mol. The van der Waals surface area contributed by atoms with E-state index in [1.165, 1.54) is 12.1 Å². The molecule has 2 aromatic rings. The van der Waals surface area contributed by atoms with Crippen molar-refractivity contribution in [2.24, 2.45) is 0 Å². The number of aromatic carboxylic acids is 2. The van der Waals surface area contributed by atoms with E-state index in [4.69, 9.17) is 15.3 Å². The van der Waals surface area contributed by atoms with Gasteiger partial charge >= 0.3 is 17.9 Å². The average molecular weight is 429 g/mol. The number of thiol groups is 3. The minimum atomic E-state index is -0.909. The van der Waals surface area contributed by atoms with E-state index in [-0.39, 0.29) is 12.0 Å². The predicted octanol–water partition coefficient (Wildman–Crippen LogP) is 3.88. The van der Waals surface area contributed by atoms with Crippen molar-refractivity contribution in [3.8, 4) is 0 Å². The highest BCUT2D eigenvalue weighted by Crippen LogP contribution is 2.07. The standard InChI is InChI=1S/C8H8O2S.C7H6O2S.C3H6O2S/c9-8(10)7-3-1-6(5-11)2-4-7;8-7(9)5-1-3-6(10)4-2-5;4-3(5)1-2-6/h1-4,11H,5H2,(H,9,10);1-4,10H,(H,8,9);6H,1-2H2,(H,4,5). The molecule has 0 atom stereocenters. The summed E-state index contributed by atoms with van der Waals surface area (Å²) in [5.41, 5.74) is 1.63. The highest BCUT2D eigenvalue weighted by molar-refractivity contribution is 7.80. The summed E-state index contributed by atoms with van der Waals surface area (Å²) >= 11 is 11.7. The maximum absolute atomic E-state index is 10.4. The molecule has 9 heteroatoms. The van der Waals surface area contributed by atoms with E-state index in [2.05, 4.69) is 37.9 Å². The molecule has 0 fully saturated rings. The lowest BCUT2D eigenvalue weighted by molar-refractivity contribution is -0.136. The summed E-state index contributed by atoms with van der Waals surface area (Å²) in [4.78, 5) is 31.0. The van der Waals surface area contributed by atoms with Crippen LogP contribution in [0.1, 0.15) is 32.7 Å². The maximum Gasteiger partial charge on any atom is 0.335 e. The molecular weight excluding hydrogens is 408 g/mol. The van der Waals surface area contributed by atoms with Gasteiger partial charge in [-0.25, -0.2) is 9.59 Å². The van der Waals surface area contributed by atoms with Crippen molar-refractivity contribution in [3.05, 3.63) is 65.2 Å². The third-order valence-electron chi connectivity index (χ3n) is 2.82. The van der Waals surface area contributed by atoms with E-state index in [1.807, 2.05) is 0 Å². The molecule has 0 saturated carbocycles. The second kappa shape index (κ2) is 14.0. The van der Waals surface area contributed by atoms with Gasteiger partial charge in [-0.1, -0.05) is 12.1 Å². The van der Waals surface area contributed by atoms with Crippen LogP contribution < -0.4 is 0 Å². The fraction of sp³-hybridized carbons (Fsp3) is 0.167. The lowest BCUT2D eigenvalue weighted by Gasteiger charge is -1.95. The fourth-order valence-corrected chi connectivity index (χ4v) is 2.00. The number of carboxylic acid groups (broad SMARTS) is 3. The molecule has 0 aliphatic rings. The van der Waals surface area contributed by atoms with Crippen LogP contribution in [0, 0.1) is 0 Å². The van der Waals surface area contributed by atoms with Gasteiger partial charge in [-0.3, -0.25) is 4.79 Å². The van der Waals surface area contributed by atoms with Gasteiger partial charge in [0.15, 0.2) is 0 Å². The van der Waals surface area contributed by atoms with Crippen LogP contribution >= 0.6 is 37.9 Å². The van der Waals surface area contributed by atoms with Crippen molar-refractivity contribution in [2.45, 2.75) is 17.1 Å². The molecule has 0 amide bonds. The smallest absolute Gasteiger partial charge is 0.335 e. The highest BCUT2D eigenvalue weighted by Gasteiger charge is 2.00. The summed E-state index contributed by atoms with van der Waals surface area (Å²) in [6, 6.07) is 13.0. The molecule has 0 saturated heterocycles. The largest absolute Gasteiger partial charge is 0.481 e. The molecule has 6 nitrogen and oxygen atoms in total. The lowest BCUT2D eigenvalue weighted by atomic mass is 10.1. The van der Waals surface area contributed by atoms with Crippen LogP contribution in [0.2, 0.25) is 0 Å². The van der Waals surface area contributed by atoms with Crippen LogP contribution in [-0.2, 0) is 10.5 Å². The first kappa shape index (κ1) is 24.9. The fourth-order valence-electron chi connectivity index (χ4n) is 1.45. The van der Waals surface area contributed by atoms with Crippen molar-refractivity contribution in [2.75, 3.05) is 5.75 Å². The van der Waals surface area contributed by atoms with Crippen LogP contribution in [0.25, 0.3) is 0 Å². The van der Waals surface area contributed by atoms with Gasteiger partial charge in [-0.05, 0) is 42.0 Å². The molecule has 2 rings (SSSR count). The van der Waals surface area contributed by atoms with Crippen molar-refractivity contribution in [3.63, 3.8) is 0 Å². The van der Waals surface area contributed by atoms with Crippen LogP contribution in [0.3, 0.4) is 0 Å².